The molecule has 0 fully saturated rings. The van der Waals surface area contributed by atoms with Crippen LogP contribution in [-0.4, -0.2) is 38.1 Å². The zero-order valence-electron chi connectivity index (χ0n) is 13.1. The Bertz CT molecular complexity index is 591. The third-order valence-corrected chi connectivity index (χ3v) is 3.10. The second kappa shape index (κ2) is 7.87. The van der Waals surface area contributed by atoms with Gasteiger partial charge in [-0.25, -0.2) is 4.79 Å². The van der Waals surface area contributed by atoms with Crippen molar-refractivity contribution < 1.29 is 23.9 Å². The van der Waals surface area contributed by atoms with Gasteiger partial charge >= 0.3 is 6.03 Å². The number of primary amides is 2. The summed E-state index contributed by atoms with van der Waals surface area (Å²) in [5, 5.41) is 4.67. The molecule has 0 radical (unpaired) electrons. The summed E-state index contributed by atoms with van der Waals surface area (Å²) in [6, 6.07) is 2.25. The van der Waals surface area contributed by atoms with E-state index in [2.05, 4.69) is 10.6 Å². The SMILES string of the molecule is COc1ccc(OC)c(C(C)NC(=O)NC(C(N)=O)C(N)=O)c1. The van der Waals surface area contributed by atoms with Gasteiger partial charge in [0, 0.05) is 5.56 Å². The fourth-order valence-electron chi connectivity index (χ4n) is 1.91. The first-order valence-electron chi connectivity index (χ1n) is 6.67. The van der Waals surface area contributed by atoms with Crippen LogP contribution >= 0.6 is 0 Å². The normalized spacial score (nSPS) is 11.5. The van der Waals surface area contributed by atoms with Gasteiger partial charge in [0.2, 0.25) is 11.8 Å². The lowest BCUT2D eigenvalue weighted by Gasteiger charge is -2.20. The first kappa shape index (κ1) is 18.1. The fourth-order valence-corrected chi connectivity index (χ4v) is 1.91. The van der Waals surface area contributed by atoms with Gasteiger partial charge in [0.1, 0.15) is 11.5 Å². The molecule has 9 heteroatoms. The average Bonchev–Trinajstić information content (AvgIpc) is 2.51. The summed E-state index contributed by atoms with van der Waals surface area (Å²) in [4.78, 5) is 34.0. The molecule has 4 amide bonds. The van der Waals surface area contributed by atoms with Gasteiger partial charge in [-0.15, -0.1) is 0 Å². The van der Waals surface area contributed by atoms with Crippen LogP contribution in [0.1, 0.15) is 18.5 Å². The predicted octanol–water partition coefficient (Wildman–Crippen LogP) is -0.597. The summed E-state index contributed by atoms with van der Waals surface area (Å²) < 4.78 is 10.4. The van der Waals surface area contributed by atoms with E-state index in [1.807, 2.05) is 0 Å². The monoisotopic (exact) mass is 324 g/mol. The molecule has 0 saturated heterocycles. The molecule has 0 aromatic heterocycles. The lowest BCUT2D eigenvalue weighted by molar-refractivity contribution is -0.128. The molecular weight excluding hydrogens is 304 g/mol. The molecule has 1 unspecified atom stereocenters. The molecule has 9 nitrogen and oxygen atoms in total. The maximum atomic E-state index is 11.9. The molecule has 1 aromatic rings. The lowest BCUT2D eigenvalue weighted by atomic mass is 10.1. The molecule has 23 heavy (non-hydrogen) atoms. The Balaban J connectivity index is 2.86. The van der Waals surface area contributed by atoms with Crippen molar-refractivity contribution in [2.24, 2.45) is 11.5 Å². The molecule has 0 aliphatic carbocycles. The van der Waals surface area contributed by atoms with E-state index in [1.165, 1.54) is 14.2 Å². The van der Waals surface area contributed by atoms with E-state index in [4.69, 9.17) is 20.9 Å². The second-order valence-electron chi connectivity index (χ2n) is 4.69. The first-order chi connectivity index (χ1) is 10.8. The number of hydrogen-bond acceptors (Lipinski definition) is 5. The molecule has 0 spiro atoms. The Kier molecular flexibility index (Phi) is 6.19. The molecule has 0 saturated carbocycles. The van der Waals surface area contributed by atoms with Gasteiger partial charge in [0.15, 0.2) is 6.04 Å². The highest BCUT2D eigenvalue weighted by Gasteiger charge is 2.25. The minimum absolute atomic E-state index is 0.499. The molecule has 126 valence electrons. The van der Waals surface area contributed by atoms with Crippen molar-refractivity contribution in [2.75, 3.05) is 14.2 Å². The van der Waals surface area contributed by atoms with Crippen molar-refractivity contribution in [3.05, 3.63) is 23.8 Å². The van der Waals surface area contributed by atoms with Crippen molar-refractivity contribution in [2.45, 2.75) is 19.0 Å². The molecule has 1 atom stereocenters. The van der Waals surface area contributed by atoms with E-state index in [0.29, 0.717) is 17.1 Å². The van der Waals surface area contributed by atoms with E-state index in [0.717, 1.165) is 0 Å². The number of ether oxygens (including phenoxy) is 2. The van der Waals surface area contributed by atoms with Crippen molar-refractivity contribution in [1.29, 1.82) is 0 Å². The molecule has 0 aliphatic rings. The number of carbonyl (C=O) groups is 3. The molecule has 0 aliphatic heterocycles. The number of amides is 4. The predicted molar refractivity (Wildman–Crippen MR) is 81.8 cm³/mol. The van der Waals surface area contributed by atoms with Gasteiger partial charge < -0.3 is 31.6 Å². The van der Waals surface area contributed by atoms with Crippen LogP contribution < -0.4 is 31.6 Å². The molecular formula is C14H20N4O5. The van der Waals surface area contributed by atoms with E-state index in [1.54, 1.807) is 25.1 Å². The van der Waals surface area contributed by atoms with Crippen LogP contribution in [0.3, 0.4) is 0 Å². The maximum Gasteiger partial charge on any atom is 0.316 e. The minimum atomic E-state index is -1.59. The maximum absolute atomic E-state index is 11.9. The van der Waals surface area contributed by atoms with Gasteiger partial charge in [-0.3, -0.25) is 9.59 Å². The van der Waals surface area contributed by atoms with Gasteiger partial charge in [0.05, 0.1) is 20.3 Å². The average molecular weight is 324 g/mol. The van der Waals surface area contributed by atoms with E-state index in [-0.39, 0.29) is 0 Å². The van der Waals surface area contributed by atoms with E-state index < -0.39 is 29.9 Å². The van der Waals surface area contributed by atoms with Gasteiger partial charge in [-0.05, 0) is 25.1 Å². The largest absolute Gasteiger partial charge is 0.497 e. The van der Waals surface area contributed by atoms with Crippen LogP contribution in [-0.2, 0) is 9.59 Å². The summed E-state index contributed by atoms with van der Waals surface area (Å²) in [7, 11) is 3.01. The number of methoxy groups -OCH3 is 2. The Morgan fingerprint density at radius 3 is 2.13 bits per heavy atom. The summed E-state index contributed by atoms with van der Waals surface area (Å²) in [6.45, 7) is 1.69. The summed E-state index contributed by atoms with van der Waals surface area (Å²) in [5.41, 5.74) is 10.6. The van der Waals surface area contributed by atoms with Gasteiger partial charge in [-0.1, -0.05) is 0 Å². The van der Waals surface area contributed by atoms with Gasteiger partial charge in [-0.2, -0.15) is 0 Å². The van der Waals surface area contributed by atoms with Crippen LogP contribution in [0.2, 0.25) is 0 Å². The number of nitrogens with one attached hydrogen (secondary N) is 2. The van der Waals surface area contributed by atoms with Gasteiger partial charge in [0.25, 0.3) is 0 Å². The molecule has 0 heterocycles. The zero-order chi connectivity index (χ0) is 17.6. The molecule has 1 aromatic carbocycles. The van der Waals surface area contributed by atoms with Crippen LogP contribution in [0.25, 0.3) is 0 Å². The first-order valence-corrected chi connectivity index (χ1v) is 6.67. The standard InChI is InChI=1S/C14H20N4O5/c1-7(9-6-8(22-2)4-5-10(9)23-3)17-14(21)18-11(12(15)19)13(16)20/h4-7,11H,1-3H3,(H2,15,19)(H2,16,20)(H2,17,18,21). The number of hydrogen-bond donors (Lipinski definition) is 4. The Morgan fingerprint density at radius 2 is 1.65 bits per heavy atom. The van der Waals surface area contributed by atoms with Crippen LogP contribution in [0.4, 0.5) is 4.79 Å². The van der Waals surface area contributed by atoms with Crippen LogP contribution in [0.5, 0.6) is 11.5 Å². The fraction of sp³-hybridized carbons (Fsp3) is 0.357. The Labute approximate surface area is 133 Å². The Morgan fingerprint density at radius 1 is 1.04 bits per heavy atom. The zero-order valence-corrected chi connectivity index (χ0v) is 13.1. The number of urea groups is 1. The highest BCUT2D eigenvalue weighted by Crippen LogP contribution is 2.29. The topological polar surface area (TPSA) is 146 Å². The number of nitrogens with two attached hydrogens (primary N) is 2. The lowest BCUT2D eigenvalue weighted by Crippen LogP contribution is -2.55. The third kappa shape index (κ3) is 4.77. The quantitative estimate of drug-likeness (QED) is 0.495. The number of carbonyl (C=O) groups excluding carboxylic acids is 3. The van der Waals surface area contributed by atoms with Crippen LogP contribution in [0.15, 0.2) is 18.2 Å². The van der Waals surface area contributed by atoms with Crippen molar-refractivity contribution in [3.8, 4) is 11.5 Å². The smallest absolute Gasteiger partial charge is 0.316 e. The van der Waals surface area contributed by atoms with Crippen molar-refractivity contribution in [1.82, 2.24) is 10.6 Å². The minimum Gasteiger partial charge on any atom is -0.497 e. The number of benzene rings is 1. The van der Waals surface area contributed by atoms with Crippen molar-refractivity contribution in [3.63, 3.8) is 0 Å². The van der Waals surface area contributed by atoms with E-state index >= 15 is 0 Å². The highest BCUT2D eigenvalue weighted by molar-refractivity contribution is 6.05. The summed E-state index contributed by atoms with van der Waals surface area (Å²) in [6.07, 6.45) is 0. The van der Waals surface area contributed by atoms with E-state index in [9.17, 15) is 14.4 Å². The van der Waals surface area contributed by atoms with Crippen molar-refractivity contribution >= 4 is 17.8 Å². The summed E-state index contributed by atoms with van der Waals surface area (Å²) in [5.74, 6) is -0.958. The summed E-state index contributed by atoms with van der Waals surface area (Å²) >= 11 is 0. The number of rotatable bonds is 7. The third-order valence-electron chi connectivity index (χ3n) is 3.10. The Hall–Kier alpha value is -2.97. The van der Waals surface area contributed by atoms with Crippen LogP contribution in [0, 0.1) is 0 Å². The molecule has 0 bridgehead atoms. The highest BCUT2D eigenvalue weighted by atomic mass is 16.5. The molecule has 6 N–H and O–H groups in total. The molecule has 1 rings (SSSR count). The second-order valence-corrected chi connectivity index (χ2v) is 4.69.